The summed E-state index contributed by atoms with van der Waals surface area (Å²) in [5.74, 6) is 1.10. The molecule has 0 aliphatic heterocycles. The summed E-state index contributed by atoms with van der Waals surface area (Å²) in [5.41, 5.74) is 2.20. The van der Waals surface area contributed by atoms with Crippen molar-refractivity contribution in [3.63, 3.8) is 0 Å². The summed E-state index contributed by atoms with van der Waals surface area (Å²) in [6, 6.07) is 10.9. The molecule has 6 nitrogen and oxygen atoms in total. The van der Waals surface area contributed by atoms with Crippen molar-refractivity contribution >= 4 is 11.6 Å². The number of fused-ring (bicyclic) bond motifs is 3. The SMILES string of the molecule is O=C(Nc1ccncc1F)c1ccc(-c2c(-c3ccc(F)cc3)ncn2CC2CC3CCC2CC3)o1. The molecule has 0 saturated heterocycles. The Bertz CT molecular complexity index is 1390. The maximum Gasteiger partial charge on any atom is 0.291 e. The van der Waals surface area contributed by atoms with Crippen LogP contribution in [0.25, 0.3) is 22.7 Å². The number of anilines is 1. The molecule has 36 heavy (non-hydrogen) atoms. The van der Waals surface area contributed by atoms with Crippen LogP contribution in [0.3, 0.4) is 0 Å². The van der Waals surface area contributed by atoms with E-state index in [1.807, 2.05) is 6.33 Å². The van der Waals surface area contributed by atoms with E-state index >= 15 is 0 Å². The molecule has 1 atom stereocenters. The predicted molar refractivity (Wildman–Crippen MR) is 131 cm³/mol. The van der Waals surface area contributed by atoms with Gasteiger partial charge >= 0.3 is 0 Å². The number of carbonyl (C=O) groups excluding carboxylic acids is 1. The second-order valence-corrected chi connectivity index (χ2v) is 9.85. The predicted octanol–water partition coefficient (Wildman–Crippen LogP) is 6.56. The van der Waals surface area contributed by atoms with E-state index in [4.69, 9.17) is 4.42 Å². The Kier molecular flexibility index (Phi) is 5.87. The van der Waals surface area contributed by atoms with Gasteiger partial charge in [0.25, 0.3) is 5.91 Å². The molecule has 3 heterocycles. The molecule has 0 spiro atoms. The number of carbonyl (C=O) groups is 1. The van der Waals surface area contributed by atoms with Crippen LogP contribution in [0.1, 0.15) is 42.7 Å². The number of amides is 1. The van der Waals surface area contributed by atoms with Gasteiger partial charge < -0.3 is 14.3 Å². The third-order valence-electron chi connectivity index (χ3n) is 7.66. The lowest BCUT2D eigenvalue weighted by Gasteiger charge is -2.42. The van der Waals surface area contributed by atoms with Crippen molar-refractivity contribution in [2.24, 2.45) is 17.8 Å². The summed E-state index contributed by atoms with van der Waals surface area (Å²) in [7, 11) is 0. The normalized spacial score (nSPS) is 21.0. The zero-order valence-electron chi connectivity index (χ0n) is 19.7. The van der Waals surface area contributed by atoms with E-state index in [2.05, 4.69) is 19.9 Å². The van der Waals surface area contributed by atoms with Gasteiger partial charge in [-0.3, -0.25) is 9.78 Å². The Balaban J connectivity index is 1.34. The number of benzene rings is 1. The monoisotopic (exact) mass is 488 g/mol. The highest BCUT2D eigenvalue weighted by Crippen LogP contribution is 2.46. The van der Waals surface area contributed by atoms with Crippen LogP contribution < -0.4 is 5.32 Å². The fraction of sp³-hybridized carbons (Fsp3) is 0.321. The number of imidazole rings is 1. The third-order valence-corrected chi connectivity index (χ3v) is 7.66. The summed E-state index contributed by atoms with van der Waals surface area (Å²) in [6.45, 7) is 0.815. The van der Waals surface area contributed by atoms with Crippen molar-refractivity contribution in [1.82, 2.24) is 14.5 Å². The van der Waals surface area contributed by atoms with Gasteiger partial charge in [-0.05, 0) is 79.5 Å². The Morgan fingerprint density at radius 3 is 2.58 bits per heavy atom. The van der Waals surface area contributed by atoms with E-state index in [-0.39, 0.29) is 17.3 Å². The van der Waals surface area contributed by atoms with Crippen LogP contribution in [0.5, 0.6) is 0 Å². The lowest BCUT2D eigenvalue weighted by Crippen LogP contribution is -2.33. The topological polar surface area (TPSA) is 73.0 Å². The molecule has 3 saturated carbocycles. The van der Waals surface area contributed by atoms with Crippen molar-refractivity contribution < 1.29 is 18.0 Å². The highest BCUT2D eigenvalue weighted by molar-refractivity contribution is 6.02. The van der Waals surface area contributed by atoms with Crippen LogP contribution in [-0.4, -0.2) is 20.4 Å². The summed E-state index contributed by atoms with van der Waals surface area (Å²) >= 11 is 0. The molecule has 1 unspecified atom stereocenters. The summed E-state index contributed by atoms with van der Waals surface area (Å²) in [4.78, 5) is 21.1. The Labute approximate surface area is 207 Å². The molecule has 2 bridgehead atoms. The van der Waals surface area contributed by atoms with Crippen LogP contribution >= 0.6 is 0 Å². The lowest BCUT2D eigenvalue weighted by atomic mass is 9.65. The van der Waals surface area contributed by atoms with E-state index in [1.54, 1.807) is 24.3 Å². The molecule has 1 amide bonds. The number of nitrogens with zero attached hydrogens (tertiary/aromatic N) is 3. The van der Waals surface area contributed by atoms with Crippen molar-refractivity contribution in [3.8, 4) is 22.7 Å². The molecule has 7 rings (SSSR count). The second-order valence-electron chi connectivity index (χ2n) is 9.85. The first kappa shape index (κ1) is 22.6. The number of hydrogen-bond donors (Lipinski definition) is 1. The number of rotatable bonds is 6. The fourth-order valence-corrected chi connectivity index (χ4v) is 5.84. The zero-order chi connectivity index (χ0) is 24.6. The Morgan fingerprint density at radius 1 is 1.06 bits per heavy atom. The number of pyridine rings is 1. The fourth-order valence-electron chi connectivity index (χ4n) is 5.84. The van der Waals surface area contributed by atoms with Gasteiger partial charge in [0, 0.05) is 18.3 Å². The average molecular weight is 489 g/mol. The number of furan rings is 1. The van der Waals surface area contributed by atoms with Gasteiger partial charge in [0.15, 0.2) is 17.3 Å². The minimum absolute atomic E-state index is 0.0253. The van der Waals surface area contributed by atoms with Gasteiger partial charge in [0.05, 0.1) is 23.9 Å². The number of nitrogens with one attached hydrogen (secondary N) is 1. The molecule has 3 fully saturated rings. The summed E-state index contributed by atoms with van der Waals surface area (Å²) < 4.78 is 35.7. The molecule has 1 aromatic carbocycles. The Hall–Kier alpha value is -3.81. The minimum Gasteiger partial charge on any atom is -0.449 e. The van der Waals surface area contributed by atoms with E-state index in [0.717, 1.165) is 29.9 Å². The number of hydrogen-bond acceptors (Lipinski definition) is 4. The molecule has 3 aliphatic rings. The van der Waals surface area contributed by atoms with Crippen LogP contribution in [0, 0.1) is 29.4 Å². The van der Waals surface area contributed by atoms with Gasteiger partial charge in [-0.25, -0.2) is 13.8 Å². The molecule has 4 aromatic rings. The van der Waals surface area contributed by atoms with Crippen molar-refractivity contribution in [1.29, 1.82) is 0 Å². The first-order valence-corrected chi connectivity index (χ1v) is 12.4. The zero-order valence-corrected chi connectivity index (χ0v) is 19.7. The molecular weight excluding hydrogens is 462 g/mol. The average Bonchev–Trinajstić information content (AvgIpc) is 3.54. The maximum atomic E-state index is 14.0. The quantitative estimate of drug-likeness (QED) is 0.334. The van der Waals surface area contributed by atoms with E-state index in [1.165, 1.54) is 56.5 Å². The van der Waals surface area contributed by atoms with Crippen LogP contribution in [0.2, 0.25) is 0 Å². The van der Waals surface area contributed by atoms with E-state index in [0.29, 0.717) is 23.3 Å². The second kappa shape index (κ2) is 9.33. The summed E-state index contributed by atoms with van der Waals surface area (Å²) in [5, 5.41) is 2.52. The highest BCUT2D eigenvalue weighted by atomic mass is 19.1. The minimum atomic E-state index is -0.629. The van der Waals surface area contributed by atoms with Gasteiger partial charge in [0.1, 0.15) is 11.5 Å². The number of halogens is 2. The molecular formula is C28H26F2N4O2. The van der Waals surface area contributed by atoms with Gasteiger partial charge in [-0.2, -0.15) is 0 Å². The Morgan fingerprint density at radius 2 is 1.86 bits per heavy atom. The third kappa shape index (κ3) is 4.32. The van der Waals surface area contributed by atoms with Gasteiger partial charge in [-0.15, -0.1) is 0 Å². The largest absolute Gasteiger partial charge is 0.449 e. The standard InChI is InChI=1S/C28H26F2N4O2/c29-21-7-5-19(6-8-21)26-27(34(16-32-26)15-20-13-17-1-3-18(20)4-2-17)24-9-10-25(36-24)28(35)33-23-11-12-31-14-22(23)30/h5-12,14,16-18,20H,1-4,13,15H2,(H,31,33,35). The lowest BCUT2D eigenvalue weighted by molar-refractivity contribution is 0.0871. The van der Waals surface area contributed by atoms with E-state index in [9.17, 15) is 13.6 Å². The molecule has 184 valence electrons. The first-order valence-electron chi connectivity index (χ1n) is 12.4. The van der Waals surface area contributed by atoms with Crippen molar-refractivity contribution in [2.45, 2.75) is 38.6 Å². The van der Waals surface area contributed by atoms with Crippen LogP contribution in [-0.2, 0) is 6.54 Å². The van der Waals surface area contributed by atoms with Crippen LogP contribution in [0.15, 0.2) is 65.6 Å². The molecule has 3 aromatic heterocycles. The van der Waals surface area contributed by atoms with Gasteiger partial charge in [0.2, 0.25) is 0 Å². The highest BCUT2D eigenvalue weighted by Gasteiger charge is 2.36. The van der Waals surface area contributed by atoms with Crippen molar-refractivity contribution in [3.05, 3.63) is 78.6 Å². The molecule has 1 N–H and O–H groups in total. The maximum absolute atomic E-state index is 14.0. The van der Waals surface area contributed by atoms with Crippen LogP contribution in [0.4, 0.5) is 14.5 Å². The van der Waals surface area contributed by atoms with Gasteiger partial charge in [-0.1, -0.05) is 12.8 Å². The van der Waals surface area contributed by atoms with Crippen molar-refractivity contribution in [2.75, 3.05) is 5.32 Å². The molecule has 8 heteroatoms. The number of aromatic nitrogens is 3. The first-order chi connectivity index (χ1) is 17.5. The smallest absolute Gasteiger partial charge is 0.291 e. The summed E-state index contributed by atoms with van der Waals surface area (Å²) in [6.07, 6.45) is 10.7. The molecule has 0 radical (unpaired) electrons. The van der Waals surface area contributed by atoms with E-state index < -0.39 is 11.7 Å². The molecule has 3 aliphatic carbocycles.